The largest absolute Gasteiger partial charge is 0.466 e. The van der Waals surface area contributed by atoms with E-state index in [-0.39, 0.29) is 40.9 Å². The summed E-state index contributed by atoms with van der Waals surface area (Å²) in [7, 11) is 0. The van der Waals surface area contributed by atoms with Gasteiger partial charge in [-0.25, -0.2) is 15.2 Å². The first-order valence-corrected chi connectivity index (χ1v) is 19.6. The van der Waals surface area contributed by atoms with Crippen molar-refractivity contribution in [3.63, 3.8) is 0 Å². The second kappa shape index (κ2) is 18.8. The van der Waals surface area contributed by atoms with Crippen molar-refractivity contribution in [3.05, 3.63) is 0 Å². The van der Waals surface area contributed by atoms with E-state index in [1.54, 1.807) is 0 Å². The van der Waals surface area contributed by atoms with Gasteiger partial charge in [0.05, 0.1) is 24.2 Å². The van der Waals surface area contributed by atoms with E-state index in [1.807, 2.05) is 11.8 Å². The number of hydrogen-bond acceptors (Lipinski definition) is 8. The molecule has 0 aromatic rings. The molecule has 4 fully saturated rings. The maximum Gasteiger partial charge on any atom is 0.315 e. The maximum absolute atomic E-state index is 12.2. The maximum atomic E-state index is 12.2. The lowest BCUT2D eigenvalue weighted by Gasteiger charge is -2.47. The van der Waals surface area contributed by atoms with E-state index >= 15 is 0 Å². The summed E-state index contributed by atoms with van der Waals surface area (Å²) in [6, 6.07) is 0.450. The number of carbonyl (C=O) groups is 3. The summed E-state index contributed by atoms with van der Waals surface area (Å²) in [5.74, 6) is 1.69. The number of thioether (sulfide) groups is 1. The monoisotopic (exact) mass is 664 g/mol. The third-order valence-electron chi connectivity index (χ3n) is 10.8. The van der Waals surface area contributed by atoms with Crippen LogP contribution in [0, 0.1) is 11.3 Å². The molecule has 3 aliphatic heterocycles. The molecule has 3 heterocycles. The number of esters is 1. The van der Waals surface area contributed by atoms with Crippen LogP contribution in [0.4, 0.5) is 4.79 Å². The van der Waals surface area contributed by atoms with E-state index in [0.29, 0.717) is 37.2 Å². The molecule has 4 atom stereocenters. The van der Waals surface area contributed by atoms with Crippen molar-refractivity contribution < 1.29 is 19.1 Å². The number of nitrogens with zero attached hydrogens (tertiary/aromatic N) is 1. The van der Waals surface area contributed by atoms with Gasteiger partial charge in [0.25, 0.3) is 0 Å². The van der Waals surface area contributed by atoms with Crippen LogP contribution >= 0.6 is 11.8 Å². The van der Waals surface area contributed by atoms with Crippen LogP contribution in [0.3, 0.4) is 0 Å². The SMILES string of the molecule is CC(C)(C)C1(C2CCCCCCC2)CN(CCCCCC(=O)OCCCCCNC(=O)CCCC[C@H]2SC[C@@H]3NC(=O)N[C@@H]32)NN1. The van der Waals surface area contributed by atoms with Crippen LogP contribution in [-0.2, 0) is 14.3 Å². The lowest BCUT2D eigenvalue weighted by molar-refractivity contribution is -0.143. The first-order chi connectivity index (χ1) is 22.2. The molecule has 46 heavy (non-hydrogen) atoms. The Balaban J connectivity index is 0.949. The van der Waals surface area contributed by atoms with Crippen LogP contribution in [0.15, 0.2) is 0 Å². The lowest BCUT2D eigenvalue weighted by Crippen LogP contribution is -2.60. The molecule has 3 amide bonds. The van der Waals surface area contributed by atoms with Gasteiger partial charge in [0.1, 0.15) is 0 Å². The highest BCUT2D eigenvalue weighted by Gasteiger charge is 2.51. The molecule has 264 valence electrons. The van der Waals surface area contributed by atoms with Crippen LogP contribution in [0.5, 0.6) is 0 Å². The van der Waals surface area contributed by atoms with Gasteiger partial charge in [-0.3, -0.25) is 9.59 Å². The first kappa shape index (κ1) is 37.3. The molecular formula is C35H64N6O4S. The summed E-state index contributed by atoms with van der Waals surface area (Å²) in [6.45, 7) is 10.3. The van der Waals surface area contributed by atoms with E-state index < -0.39 is 0 Å². The fourth-order valence-electron chi connectivity index (χ4n) is 7.91. The van der Waals surface area contributed by atoms with Crippen molar-refractivity contribution >= 4 is 29.7 Å². The van der Waals surface area contributed by atoms with E-state index in [0.717, 1.165) is 76.6 Å². The summed E-state index contributed by atoms with van der Waals surface area (Å²) >= 11 is 1.92. The molecule has 0 aromatic heterocycles. The Morgan fingerprint density at radius 2 is 1.67 bits per heavy atom. The molecule has 1 aliphatic carbocycles. The zero-order valence-electron chi connectivity index (χ0n) is 29.1. The Kier molecular flexibility index (Phi) is 15.3. The standard InChI is InChI=1S/C35H64N6O4S/c1-34(2,3)35(27-17-9-5-4-6-10-18-27)26-41(40-39-35)23-15-7-11-21-31(43)45-24-16-8-14-22-36-30(42)20-13-12-19-29-32-28(25-46-29)37-33(44)38-32/h27-29,32,39-40H,4-26H2,1-3H3,(H,36,42)(H2,37,38,44)/t28-,29+,32-,35?/m0/s1. The van der Waals surface area contributed by atoms with Crippen molar-refractivity contribution in [2.45, 2.75) is 159 Å². The van der Waals surface area contributed by atoms with Gasteiger partial charge in [-0.1, -0.05) is 65.7 Å². The predicted molar refractivity (Wildman–Crippen MR) is 186 cm³/mol. The molecule has 1 saturated carbocycles. The van der Waals surface area contributed by atoms with Gasteiger partial charge in [0, 0.05) is 43.5 Å². The van der Waals surface area contributed by atoms with Crippen molar-refractivity contribution in [3.8, 4) is 0 Å². The van der Waals surface area contributed by atoms with Crippen LogP contribution in [0.2, 0.25) is 0 Å². The number of ether oxygens (including phenoxy) is 1. The van der Waals surface area contributed by atoms with Crippen molar-refractivity contribution in [2.24, 2.45) is 11.3 Å². The molecule has 1 unspecified atom stereocenters. The summed E-state index contributed by atoms with van der Waals surface area (Å²) in [5, 5.41) is 11.8. The molecule has 4 aliphatic rings. The Bertz CT molecular complexity index is 956. The zero-order valence-corrected chi connectivity index (χ0v) is 29.9. The molecule has 4 rings (SSSR count). The average molecular weight is 665 g/mol. The predicted octanol–water partition coefficient (Wildman–Crippen LogP) is 5.57. The van der Waals surface area contributed by atoms with Crippen LogP contribution in [0.1, 0.15) is 136 Å². The quantitative estimate of drug-likeness (QED) is 0.0732. The minimum absolute atomic E-state index is 0.0467. The number of hydrogen-bond donors (Lipinski definition) is 5. The summed E-state index contributed by atoms with van der Waals surface area (Å²) < 4.78 is 5.45. The third-order valence-corrected chi connectivity index (χ3v) is 12.3. The molecule has 10 nitrogen and oxygen atoms in total. The summed E-state index contributed by atoms with van der Waals surface area (Å²) in [4.78, 5) is 35.9. The molecule has 0 radical (unpaired) electrons. The molecule has 0 aromatic carbocycles. The minimum atomic E-state index is -0.0941. The van der Waals surface area contributed by atoms with Gasteiger partial charge < -0.3 is 20.7 Å². The van der Waals surface area contributed by atoms with Gasteiger partial charge in [-0.15, -0.1) is 0 Å². The van der Waals surface area contributed by atoms with E-state index in [4.69, 9.17) is 4.74 Å². The van der Waals surface area contributed by atoms with Gasteiger partial charge in [0.2, 0.25) is 5.91 Å². The second-order valence-electron chi connectivity index (χ2n) is 15.2. The van der Waals surface area contributed by atoms with Gasteiger partial charge in [0.15, 0.2) is 0 Å². The first-order valence-electron chi connectivity index (χ1n) is 18.6. The molecule has 3 saturated heterocycles. The van der Waals surface area contributed by atoms with Crippen molar-refractivity contribution in [1.82, 2.24) is 31.9 Å². The lowest BCUT2D eigenvalue weighted by atomic mass is 9.63. The van der Waals surface area contributed by atoms with Crippen LogP contribution in [-0.4, -0.2) is 77.8 Å². The Labute approximate surface area is 282 Å². The molecule has 0 bridgehead atoms. The summed E-state index contributed by atoms with van der Waals surface area (Å²) in [5.41, 5.74) is 7.57. The topological polar surface area (TPSA) is 124 Å². The Hall–Kier alpha value is -1.56. The van der Waals surface area contributed by atoms with E-state index in [9.17, 15) is 14.4 Å². The number of fused-ring (bicyclic) bond motifs is 1. The number of nitrogens with one attached hydrogen (secondary N) is 5. The van der Waals surface area contributed by atoms with Gasteiger partial charge in [-0.05, 0) is 69.1 Å². The molecular weight excluding hydrogens is 600 g/mol. The number of amides is 3. The number of carbonyl (C=O) groups excluding carboxylic acids is 3. The number of urea groups is 1. The highest BCUT2D eigenvalue weighted by Crippen LogP contribution is 2.44. The molecule has 11 heteroatoms. The minimum Gasteiger partial charge on any atom is -0.466 e. The number of unbranched alkanes of at least 4 members (excludes halogenated alkanes) is 5. The van der Waals surface area contributed by atoms with Crippen molar-refractivity contribution in [2.75, 3.05) is 32.0 Å². The van der Waals surface area contributed by atoms with Gasteiger partial charge >= 0.3 is 12.0 Å². The number of hydrazine groups is 2. The molecule has 5 N–H and O–H groups in total. The molecule has 0 spiro atoms. The van der Waals surface area contributed by atoms with Crippen LogP contribution < -0.4 is 26.9 Å². The van der Waals surface area contributed by atoms with Crippen LogP contribution in [0.25, 0.3) is 0 Å². The smallest absolute Gasteiger partial charge is 0.315 e. The van der Waals surface area contributed by atoms with Gasteiger partial charge in [-0.2, -0.15) is 17.3 Å². The normalized spacial score (nSPS) is 27.5. The van der Waals surface area contributed by atoms with E-state index in [2.05, 4.69) is 52.7 Å². The zero-order chi connectivity index (χ0) is 32.8. The Morgan fingerprint density at radius 3 is 2.46 bits per heavy atom. The second-order valence-corrected chi connectivity index (χ2v) is 16.5. The Morgan fingerprint density at radius 1 is 0.935 bits per heavy atom. The highest BCUT2D eigenvalue weighted by atomic mass is 32.2. The van der Waals surface area contributed by atoms with Crippen molar-refractivity contribution in [1.29, 1.82) is 0 Å². The fourth-order valence-corrected chi connectivity index (χ4v) is 9.46. The summed E-state index contributed by atoms with van der Waals surface area (Å²) in [6.07, 6.45) is 19.1. The average Bonchev–Trinajstić information content (AvgIpc) is 3.69. The third kappa shape index (κ3) is 11.3. The highest BCUT2D eigenvalue weighted by molar-refractivity contribution is 8.00. The number of rotatable bonds is 18. The fraction of sp³-hybridized carbons (Fsp3) is 0.914. The van der Waals surface area contributed by atoms with E-state index in [1.165, 1.54) is 44.9 Å².